The molecule has 19 heavy (non-hydrogen) atoms. The first kappa shape index (κ1) is 14.5. The maximum atomic E-state index is 12.7. The molecule has 0 saturated carbocycles. The van der Waals surface area contributed by atoms with Crippen LogP contribution in [0.15, 0.2) is 18.2 Å². The molecular formula is C10H5Cl2F2N3S2. The number of benzene rings is 1. The SMILES string of the molecule is FC(F)c1nnsc1C(=S)Nc1c(Cl)cccc1Cl. The van der Waals surface area contributed by atoms with Crippen molar-refractivity contribution in [2.24, 2.45) is 0 Å². The van der Waals surface area contributed by atoms with E-state index in [1.165, 1.54) is 0 Å². The van der Waals surface area contributed by atoms with Gasteiger partial charge in [-0.3, -0.25) is 0 Å². The van der Waals surface area contributed by atoms with Crippen LogP contribution in [0.4, 0.5) is 14.5 Å². The van der Waals surface area contributed by atoms with E-state index in [2.05, 4.69) is 14.9 Å². The van der Waals surface area contributed by atoms with E-state index < -0.39 is 12.1 Å². The van der Waals surface area contributed by atoms with Gasteiger partial charge in [-0.25, -0.2) is 8.78 Å². The van der Waals surface area contributed by atoms with E-state index in [-0.39, 0.29) is 9.87 Å². The van der Waals surface area contributed by atoms with Crippen molar-refractivity contribution >= 4 is 57.6 Å². The Morgan fingerprint density at radius 3 is 2.53 bits per heavy atom. The highest BCUT2D eigenvalue weighted by Gasteiger charge is 2.21. The molecule has 1 heterocycles. The molecule has 1 N–H and O–H groups in total. The van der Waals surface area contributed by atoms with Gasteiger partial charge in [-0.2, -0.15) is 0 Å². The summed E-state index contributed by atoms with van der Waals surface area (Å²) in [5.41, 5.74) is -0.0878. The zero-order valence-corrected chi connectivity index (χ0v) is 12.2. The van der Waals surface area contributed by atoms with Gasteiger partial charge < -0.3 is 5.32 Å². The third kappa shape index (κ3) is 3.17. The number of nitrogens with one attached hydrogen (secondary N) is 1. The van der Waals surface area contributed by atoms with Crippen LogP contribution in [-0.4, -0.2) is 14.6 Å². The second-order valence-electron chi connectivity index (χ2n) is 3.34. The number of hydrogen-bond donors (Lipinski definition) is 1. The van der Waals surface area contributed by atoms with Gasteiger partial charge in [-0.15, -0.1) is 5.10 Å². The Hall–Kier alpha value is -0.890. The Kier molecular flexibility index (Phi) is 4.62. The quantitative estimate of drug-likeness (QED) is 0.831. The molecule has 1 aromatic heterocycles. The van der Waals surface area contributed by atoms with E-state index in [1.807, 2.05) is 0 Å². The minimum atomic E-state index is -2.74. The highest BCUT2D eigenvalue weighted by atomic mass is 35.5. The summed E-state index contributed by atoms with van der Waals surface area (Å²) in [7, 11) is 0. The van der Waals surface area contributed by atoms with Crippen molar-refractivity contribution in [1.82, 2.24) is 9.59 Å². The standard InChI is InChI=1S/C10H5Cl2F2N3S2/c11-4-2-1-3-5(12)6(4)15-10(18)8-7(9(13)14)16-17-19-8/h1-3,9H,(H,15,18). The van der Waals surface area contributed by atoms with Crippen molar-refractivity contribution in [2.45, 2.75) is 6.43 Å². The minimum absolute atomic E-state index is 0.0558. The first-order valence-electron chi connectivity index (χ1n) is 4.86. The summed E-state index contributed by atoms with van der Waals surface area (Å²) < 4.78 is 28.8. The lowest BCUT2D eigenvalue weighted by Crippen LogP contribution is -2.12. The largest absolute Gasteiger partial charge is 0.343 e. The van der Waals surface area contributed by atoms with E-state index in [9.17, 15) is 8.78 Å². The summed E-state index contributed by atoms with van der Waals surface area (Å²) in [4.78, 5) is 0.154. The minimum Gasteiger partial charge on any atom is -0.343 e. The monoisotopic (exact) mass is 339 g/mol. The van der Waals surface area contributed by atoms with Crippen LogP contribution in [0.3, 0.4) is 0 Å². The molecule has 0 fully saturated rings. The third-order valence-corrected chi connectivity index (χ3v) is 3.95. The molecule has 0 bridgehead atoms. The van der Waals surface area contributed by atoms with Crippen LogP contribution in [0, 0.1) is 0 Å². The van der Waals surface area contributed by atoms with Gasteiger partial charge >= 0.3 is 0 Å². The van der Waals surface area contributed by atoms with Gasteiger partial charge in [0.05, 0.1) is 15.7 Å². The molecule has 0 saturated heterocycles. The third-order valence-electron chi connectivity index (χ3n) is 2.13. The fraction of sp³-hybridized carbons (Fsp3) is 0.100. The number of para-hydroxylation sites is 1. The Morgan fingerprint density at radius 1 is 1.32 bits per heavy atom. The van der Waals surface area contributed by atoms with E-state index in [0.717, 1.165) is 11.5 Å². The van der Waals surface area contributed by atoms with E-state index >= 15 is 0 Å². The number of rotatable bonds is 3. The number of alkyl halides is 2. The lowest BCUT2D eigenvalue weighted by atomic mass is 10.3. The topological polar surface area (TPSA) is 37.8 Å². The van der Waals surface area contributed by atoms with Crippen LogP contribution in [0.2, 0.25) is 10.0 Å². The van der Waals surface area contributed by atoms with Crippen molar-refractivity contribution < 1.29 is 8.78 Å². The normalized spacial score (nSPS) is 10.8. The molecular weight excluding hydrogens is 335 g/mol. The van der Waals surface area contributed by atoms with Crippen LogP contribution in [-0.2, 0) is 0 Å². The molecule has 0 aliphatic heterocycles. The molecule has 0 spiro atoms. The number of thiocarbonyl (C=S) groups is 1. The lowest BCUT2D eigenvalue weighted by Gasteiger charge is -2.10. The van der Waals surface area contributed by atoms with E-state index in [4.69, 9.17) is 35.4 Å². The number of nitrogens with zero attached hydrogens (tertiary/aromatic N) is 2. The predicted octanol–water partition coefficient (Wildman–Crippen LogP) is 4.57. The molecule has 2 rings (SSSR count). The van der Waals surface area contributed by atoms with Gasteiger partial charge in [0.15, 0.2) is 5.69 Å². The highest BCUT2D eigenvalue weighted by molar-refractivity contribution is 7.81. The van der Waals surface area contributed by atoms with Crippen molar-refractivity contribution in [3.8, 4) is 0 Å². The summed E-state index contributed by atoms with van der Waals surface area (Å²) in [5.74, 6) is 0. The molecule has 3 nitrogen and oxygen atoms in total. The van der Waals surface area contributed by atoms with Gasteiger partial charge in [0, 0.05) is 0 Å². The molecule has 2 aromatic rings. The maximum Gasteiger partial charge on any atom is 0.283 e. The fourth-order valence-electron chi connectivity index (χ4n) is 1.29. The van der Waals surface area contributed by atoms with Crippen LogP contribution >= 0.6 is 47.0 Å². The number of hydrogen-bond acceptors (Lipinski definition) is 4. The van der Waals surface area contributed by atoms with Crippen LogP contribution in [0.1, 0.15) is 17.0 Å². The molecule has 0 amide bonds. The van der Waals surface area contributed by atoms with Gasteiger partial charge in [-0.05, 0) is 23.7 Å². The molecule has 0 unspecified atom stereocenters. The molecule has 0 aliphatic rings. The lowest BCUT2D eigenvalue weighted by molar-refractivity contribution is 0.146. The van der Waals surface area contributed by atoms with E-state index in [1.54, 1.807) is 18.2 Å². The molecule has 0 aliphatic carbocycles. The number of aromatic nitrogens is 2. The zero-order chi connectivity index (χ0) is 14.0. The van der Waals surface area contributed by atoms with Crippen molar-refractivity contribution in [3.63, 3.8) is 0 Å². The van der Waals surface area contributed by atoms with Gasteiger partial charge in [-0.1, -0.05) is 46.0 Å². The summed E-state index contributed by atoms with van der Waals surface area (Å²) in [6.45, 7) is 0. The summed E-state index contributed by atoms with van der Waals surface area (Å²) in [6, 6.07) is 4.88. The fourth-order valence-corrected chi connectivity index (χ4v) is 2.66. The Balaban J connectivity index is 2.29. The van der Waals surface area contributed by atoms with Crippen LogP contribution < -0.4 is 5.32 Å². The summed E-state index contributed by atoms with van der Waals surface area (Å²) >= 11 is 17.7. The second kappa shape index (κ2) is 6.04. The van der Waals surface area contributed by atoms with Crippen LogP contribution in [0.25, 0.3) is 0 Å². The van der Waals surface area contributed by atoms with Gasteiger partial charge in [0.1, 0.15) is 9.87 Å². The Labute approximate surface area is 126 Å². The summed E-state index contributed by atoms with van der Waals surface area (Å²) in [6.07, 6.45) is -2.74. The average Bonchev–Trinajstić information content (AvgIpc) is 2.83. The van der Waals surface area contributed by atoms with Gasteiger partial charge in [0.2, 0.25) is 0 Å². The predicted molar refractivity (Wildman–Crippen MR) is 76.7 cm³/mol. The summed E-state index contributed by atoms with van der Waals surface area (Å²) in [5, 5.41) is 6.77. The van der Waals surface area contributed by atoms with E-state index in [0.29, 0.717) is 15.7 Å². The maximum absolute atomic E-state index is 12.7. The van der Waals surface area contributed by atoms with Crippen molar-refractivity contribution in [1.29, 1.82) is 0 Å². The van der Waals surface area contributed by atoms with Crippen LogP contribution in [0.5, 0.6) is 0 Å². The zero-order valence-electron chi connectivity index (χ0n) is 9.03. The molecule has 9 heteroatoms. The number of halogens is 4. The van der Waals surface area contributed by atoms with Gasteiger partial charge in [0.25, 0.3) is 6.43 Å². The van der Waals surface area contributed by atoms with Crippen molar-refractivity contribution in [2.75, 3.05) is 5.32 Å². The molecule has 0 radical (unpaired) electrons. The Morgan fingerprint density at radius 2 is 1.95 bits per heavy atom. The molecule has 100 valence electrons. The molecule has 0 atom stereocenters. The van der Waals surface area contributed by atoms with Crippen molar-refractivity contribution in [3.05, 3.63) is 38.8 Å². The average molecular weight is 340 g/mol. The first-order chi connectivity index (χ1) is 9.00. The smallest absolute Gasteiger partial charge is 0.283 e. The highest BCUT2D eigenvalue weighted by Crippen LogP contribution is 2.31. The molecule has 1 aromatic carbocycles. The second-order valence-corrected chi connectivity index (χ2v) is 5.32. The number of anilines is 1. The Bertz CT molecular complexity index is 598. The first-order valence-corrected chi connectivity index (χ1v) is 6.80.